The first-order valence-corrected chi connectivity index (χ1v) is 7.39. The van der Waals surface area contributed by atoms with E-state index in [1.54, 1.807) is 18.2 Å². The largest absolute Gasteiger partial charge is 0.288 e. The molecule has 0 aliphatic carbocycles. The topological polar surface area (TPSA) is 17.1 Å². The zero-order valence-corrected chi connectivity index (χ0v) is 13.9. The number of hydrogen-bond donors (Lipinski definition) is 0. The lowest BCUT2D eigenvalue weighted by Crippen LogP contribution is -2.05. The highest BCUT2D eigenvalue weighted by Crippen LogP contribution is 2.30. The second kappa shape index (κ2) is 5.92. The molecule has 0 spiro atoms. The minimum Gasteiger partial charge on any atom is -0.288 e. The van der Waals surface area contributed by atoms with Gasteiger partial charge in [0.05, 0.1) is 15.6 Å². The molecule has 2 aromatic rings. The van der Waals surface area contributed by atoms with Crippen molar-refractivity contribution in [3.8, 4) is 0 Å². The van der Waals surface area contributed by atoms with Crippen LogP contribution < -0.4 is 0 Å². The van der Waals surface area contributed by atoms with Crippen molar-refractivity contribution in [3.63, 3.8) is 0 Å². The molecule has 2 rings (SSSR count). The molecule has 0 aliphatic rings. The lowest BCUT2D eigenvalue weighted by molar-refractivity contribution is 0.103. The van der Waals surface area contributed by atoms with Gasteiger partial charge in [-0.25, -0.2) is 4.39 Å². The van der Waals surface area contributed by atoms with Gasteiger partial charge in [-0.2, -0.15) is 0 Å². The number of carbonyl (C=O) groups excluding carboxylic acids is 1. The van der Waals surface area contributed by atoms with Gasteiger partial charge in [0, 0.05) is 14.5 Å². The van der Waals surface area contributed by atoms with Crippen molar-refractivity contribution in [2.45, 2.75) is 0 Å². The Morgan fingerprint density at radius 1 is 1.05 bits per heavy atom. The lowest BCUT2D eigenvalue weighted by atomic mass is 10.0. The smallest absolute Gasteiger partial charge is 0.197 e. The Labute approximate surface area is 136 Å². The summed E-state index contributed by atoms with van der Waals surface area (Å²) in [6.45, 7) is 0. The highest BCUT2D eigenvalue weighted by molar-refractivity contribution is 9.10. The van der Waals surface area contributed by atoms with E-state index in [1.165, 1.54) is 12.1 Å². The Balaban J connectivity index is 2.56. The zero-order chi connectivity index (χ0) is 14.2. The van der Waals surface area contributed by atoms with Gasteiger partial charge in [0.1, 0.15) is 0 Å². The first-order valence-electron chi connectivity index (χ1n) is 5.05. The van der Waals surface area contributed by atoms with Gasteiger partial charge in [0.15, 0.2) is 11.6 Å². The molecule has 0 unspecified atom stereocenters. The van der Waals surface area contributed by atoms with E-state index in [4.69, 9.17) is 23.2 Å². The lowest BCUT2D eigenvalue weighted by Gasteiger charge is -2.07. The summed E-state index contributed by atoms with van der Waals surface area (Å²) in [5.41, 5.74) is 0.0986. The van der Waals surface area contributed by atoms with Crippen molar-refractivity contribution in [1.29, 1.82) is 0 Å². The third kappa shape index (κ3) is 3.02. The summed E-state index contributed by atoms with van der Waals surface area (Å²) in [5, 5.41) is 0.128. The van der Waals surface area contributed by atoms with Gasteiger partial charge >= 0.3 is 0 Å². The molecular weight excluding hydrogens is 422 g/mol. The third-order valence-corrected chi connectivity index (χ3v) is 4.53. The summed E-state index contributed by atoms with van der Waals surface area (Å²) in [4.78, 5) is 12.3. The molecule has 0 atom stereocenters. The second-order valence-electron chi connectivity index (χ2n) is 3.68. The van der Waals surface area contributed by atoms with Gasteiger partial charge in [-0.15, -0.1) is 0 Å². The van der Waals surface area contributed by atoms with Crippen LogP contribution in [0, 0.1) is 5.82 Å². The molecule has 0 bridgehead atoms. The van der Waals surface area contributed by atoms with Crippen LogP contribution in [0.4, 0.5) is 4.39 Å². The summed E-state index contributed by atoms with van der Waals surface area (Å²) < 4.78 is 15.1. The average molecular weight is 427 g/mol. The van der Waals surface area contributed by atoms with Gasteiger partial charge < -0.3 is 0 Å². The average Bonchev–Trinajstić information content (AvgIpc) is 2.38. The quantitative estimate of drug-likeness (QED) is 0.432. The fourth-order valence-electron chi connectivity index (χ4n) is 1.52. The molecule has 0 saturated heterocycles. The normalized spacial score (nSPS) is 10.6. The van der Waals surface area contributed by atoms with E-state index < -0.39 is 11.6 Å². The van der Waals surface area contributed by atoms with Crippen LogP contribution in [0.2, 0.25) is 10.0 Å². The van der Waals surface area contributed by atoms with Gasteiger partial charge in [-0.05, 0) is 46.3 Å². The third-order valence-electron chi connectivity index (χ3n) is 2.45. The van der Waals surface area contributed by atoms with Crippen LogP contribution in [-0.2, 0) is 0 Å². The van der Waals surface area contributed by atoms with Crippen molar-refractivity contribution in [2.75, 3.05) is 0 Å². The molecule has 0 radical (unpaired) electrons. The van der Waals surface area contributed by atoms with Gasteiger partial charge in [0.2, 0.25) is 0 Å². The molecule has 6 heteroatoms. The van der Waals surface area contributed by atoms with Crippen molar-refractivity contribution in [1.82, 2.24) is 0 Å². The highest BCUT2D eigenvalue weighted by atomic mass is 79.9. The molecule has 0 N–H and O–H groups in total. The van der Waals surface area contributed by atoms with Crippen LogP contribution in [0.3, 0.4) is 0 Å². The van der Waals surface area contributed by atoms with E-state index in [2.05, 4.69) is 31.9 Å². The molecule has 0 fully saturated rings. The number of halogens is 5. The Morgan fingerprint density at radius 3 is 2.42 bits per heavy atom. The van der Waals surface area contributed by atoms with Crippen LogP contribution in [0.1, 0.15) is 15.9 Å². The molecule has 1 nitrogen and oxygen atoms in total. The first kappa shape index (κ1) is 15.0. The maximum atomic E-state index is 14.0. The molecule has 98 valence electrons. The first-order chi connectivity index (χ1) is 8.91. The molecule has 19 heavy (non-hydrogen) atoms. The SMILES string of the molecule is O=C(c1cc(Br)ccc1Cl)c1ccc(Br)c(Cl)c1F. The van der Waals surface area contributed by atoms with Crippen LogP contribution >= 0.6 is 55.1 Å². The summed E-state index contributed by atoms with van der Waals surface area (Å²) in [6.07, 6.45) is 0. The van der Waals surface area contributed by atoms with Crippen LogP contribution in [0.5, 0.6) is 0 Å². The highest BCUT2D eigenvalue weighted by Gasteiger charge is 2.20. The monoisotopic (exact) mass is 424 g/mol. The molecule has 0 aliphatic heterocycles. The van der Waals surface area contributed by atoms with Gasteiger partial charge in [0.25, 0.3) is 0 Å². The number of carbonyl (C=O) groups is 1. The van der Waals surface area contributed by atoms with Gasteiger partial charge in [-0.3, -0.25) is 4.79 Å². The summed E-state index contributed by atoms with van der Waals surface area (Å²) in [6, 6.07) is 7.69. The van der Waals surface area contributed by atoms with Crippen molar-refractivity contribution < 1.29 is 9.18 Å². The summed E-state index contributed by atoms with van der Waals surface area (Å²) >= 11 is 18.1. The molecule has 0 aromatic heterocycles. The van der Waals surface area contributed by atoms with E-state index in [1.807, 2.05) is 0 Å². The number of hydrogen-bond acceptors (Lipinski definition) is 1. The fraction of sp³-hybridized carbons (Fsp3) is 0. The number of ketones is 1. The Hall–Kier alpha value is -0.420. The Kier molecular flexibility index (Phi) is 4.66. The van der Waals surface area contributed by atoms with E-state index in [0.717, 1.165) is 0 Å². The molecule has 2 aromatic carbocycles. The molecule has 0 heterocycles. The van der Waals surface area contributed by atoms with Crippen LogP contribution in [0.25, 0.3) is 0 Å². The fourth-order valence-corrected chi connectivity index (χ4v) is 2.55. The van der Waals surface area contributed by atoms with Crippen molar-refractivity contribution in [3.05, 3.63) is 66.3 Å². The van der Waals surface area contributed by atoms with E-state index in [9.17, 15) is 9.18 Å². The summed E-state index contributed by atoms with van der Waals surface area (Å²) in [5.74, 6) is -1.28. The maximum Gasteiger partial charge on any atom is 0.197 e. The second-order valence-corrected chi connectivity index (χ2v) is 6.23. The molecule has 0 amide bonds. The number of benzene rings is 2. The van der Waals surface area contributed by atoms with E-state index in [0.29, 0.717) is 8.95 Å². The summed E-state index contributed by atoms with van der Waals surface area (Å²) in [7, 11) is 0. The minimum absolute atomic E-state index is 0.117. The molecular formula is C13H5Br2Cl2FO. The van der Waals surface area contributed by atoms with Gasteiger partial charge in [-0.1, -0.05) is 39.1 Å². The van der Waals surface area contributed by atoms with Crippen LogP contribution in [0.15, 0.2) is 39.3 Å². The molecule has 0 saturated carbocycles. The maximum absolute atomic E-state index is 14.0. The van der Waals surface area contributed by atoms with Crippen molar-refractivity contribution in [2.24, 2.45) is 0 Å². The van der Waals surface area contributed by atoms with Crippen LogP contribution in [-0.4, -0.2) is 5.78 Å². The van der Waals surface area contributed by atoms with Crippen molar-refractivity contribution >= 4 is 60.8 Å². The van der Waals surface area contributed by atoms with E-state index >= 15 is 0 Å². The predicted molar refractivity (Wildman–Crippen MR) is 81.7 cm³/mol. The predicted octanol–water partition coefficient (Wildman–Crippen LogP) is 5.89. The Bertz CT molecular complexity index is 674. The van der Waals surface area contributed by atoms with E-state index in [-0.39, 0.29) is 21.2 Å². The Morgan fingerprint density at radius 2 is 1.74 bits per heavy atom. The minimum atomic E-state index is -0.767. The zero-order valence-electron chi connectivity index (χ0n) is 9.18. The standard InChI is InChI=1S/C13H5Br2Cl2FO/c14-6-1-4-10(16)8(5-6)13(19)7-2-3-9(15)11(17)12(7)18/h1-5H. The number of rotatable bonds is 2.